The van der Waals surface area contributed by atoms with Gasteiger partial charge in [-0.3, -0.25) is 0 Å². The number of alkyl halides is 1. The van der Waals surface area contributed by atoms with Crippen molar-refractivity contribution in [2.75, 3.05) is 19.6 Å². The van der Waals surface area contributed by atoms with Gasteiger partial charge in [0, 0.05) is 6.42 Å². The zero-order valence-electron chi connectivity index (χ0n) is 20.7. The third-order valence-electron chi connectivity index (χ3n) is 6.46. The van der Waals surface area contributed by atoms with Crippen molar-refractivity contribution < 1.29 is 16.9 Å². The van der Waals surface area contributed by atoms with Gasteiger partial charge in [-0.2, -0.15) is 0 Å². The summed E-state index contributed by atoms with van der Waals surface area (Å²) in [6.45, 7) is 10.4. The van der Waals surface area contributed by atoms with Gasteiger partial charge in [-0.1, -0.05) is 97.8 Å². The van der Waals surface area contributed by atoms with Gasteiger partial charge < -0.3 is 16.9 Å². The van der Waals surface area contributed by atoms with Crippen LogP contribution < -0.4 is 12.4 Å². The first-order valence-electron chi connectivity index (χ1n) is 13.1. The van der Waals surface area contributed by atoms with E-state index in [9.17, 15) is 0 Å². The molecule has 0 aromatic carbocycles. The fraction of sp³-hybridized carbons (Fsp3) is 0.926. The summed E-state index contributed by atoms with van der Waals surface area (Å²) in [6, 6.07) is 0. The molecular formula is C27H53ClIN. The molecule has 180 valence electrons. The molecule has 0 rings (SSSR count). The molecule has 1 nitrogen and oxygen atoms in total. The van der Waals surface area contributed by atoms with Crippen molar-refractivity contribution >= 4 is 22.6 Å². The standard InChI is InChI=1S/C27H53IN.ClH/c1-5-9-12-15-16-17-18-19-20-23-27(28)29(24-8-4,25-21-13-10-6-2)26-22-14-11-7-3;/h4,27H,5-7,9-26H2,1-3H3;1H/q+1;/p-1. The second kappa shape index (κ2) is 24.2. The molecule has 0 fully saturated rings. The third-order valence-corrected chi connectivity index (χ3v) is 8.26. The zero-order valence-corrected chi connectivity index (χ0v) is 23.6. The summed E-state index contributed by atoms with van der Waals surface area (Å²) < 4.78 is 1.87. The van der Waals surface area contributed by atoms with Crippen molar-refractivity contribution in [1.29, 1.82) is 0 Å². The molecule has 1 atom stereocenters. The minimum Gasteiger partial charge on any atom is -1.00 e. The van der Waals surface area contributed by atoms with E-state index >= 15 is 0 Å². The number of halogens is 2. The highest BCUT2D eigenvalue weighted by Gasteiger charge is 2.33. The molecule has 0 bridgehead atoms. The van der Waals surface area contributed by atoms with Gasteiger partial charge in [-0.05, 0) is 60.6 Å². The van der Waals surface area contributed by atoms with E-state index < -0.39 is 0 Å². The lowest BCUT2D eigenvalue weighted by Gasteiger charge is -2.42. The first kappa shape index (κ1) is 32.7. The lowest BCUT2D eigenvalue weighted by molar-refractivity contribution is -0.928. The monoisotopic (exact) mass is 553 g/mol. The average molecular weight is 554 g/mol. The van der Waals surface area contributed by atoms with E-state index in [0.717, 1.165) is 6.54 Å². The van der Waals surface area contributed by atoms with Crippen molar-refractivity contribution in [3.8, 4) is 12.3 Å². The molecule has 0 spiro atoms. The van der Waals surface area contributed by atoms with Crippen LogP contribution in [0.4, 0.5) is 0 Å². The van der Waals surface area contributed by atoms with E-state index in [-0.39, 0.29) is 12.4 Å². The van der Waals surface area contributed by atoms with Gasteiger partial charge in [0.25, 0.3) is 0 Å². The molecular weight excluding hydrogens is 501 g/mol. The van der Waals surface area contributed by atoms with Crippen molar-refractivity contribution in [3.05, 3.63) is 0 Å². The highest BCUT2D eigenvalue weighted by atomic mass is 127. The van der Waals surface area contributed by atoms with Crippen LogP contribution in [0.1, 0.15) is 136 Å². The average Bonchev–Trinajstić information content (AvgIpc) is 2.72. The predicted octanol–water partition coefficient (Wildman–Crippen LogP) is 6.28. The van der Waals surface area contributed by atoms with E-state index in [2.05, 4.69) is 49.3 Å². The normalized spacial score (nSPS) is 12.4. The van der Waals surface area contributed by atoms with Crippen LogP contribution in [0.15, 0.2) is 0 Å². The van der Waals surface area contributed by atoms with Crippen LogP contribution in [0.5, 0.6) is 0 Å². The molecule has 0 heterocycles. The Bertz CT molecular complexity index is 368. The van der Waals surface area contributed by atoms with Gasteiger partial charge in [0.2, 0.25) is 0 Å². The second-order valence-electron chi connectivity index (χ2n) is 9.20. The summed E-state index contributed by atoms with van der Waals surface area (Å²) in [5, 5.41) is 0. The van der Waals surface area contributed by atoms with Gasteiger partial charge in [0.15, 0.2) is 0 Å². The largest absolute Gasteiger partial charge is 1.00 e. The van der Waals surface area contributed by atoms with Gasteiger partial charge in [-0.15, -0.1) is 6.42 Å². The molecule has 0 N–H and O–H groups in total. The first-order chi connectivity index (χ1) is 14.2. The van der Waals surface area contributed by atoms with E-state index in [1.165, 1.54) is 133 Å². The van der Waals surface area contributed by atoms with Gasteiger partial charge in [0.1, 0.15) is 10.6 Å². The van der Waals surface area contributed by atoms with E-state index in [4.69, 9.17) is 6.42 Å². The van der Waals surface area contributed by atoms with Crippen molar-refractivity contribution in [2.24, 2.45) is 0 Å². The molecule has 0 aliphatic rings. The molecule has 1 unspecified atom stereocenters. The molecule has 0 aliphatic heterocycles. The Morgan fingerprint density at radius 2 is 1.00 bits per heavy atom. The Balaban J connectivity index is 0. The maximum absolute atomic E-state index is 5.89. The van der Waals surface area contributed by atoms with Crippen LogP contribution >= 0.6 is 22.6 Å². The quantitative estimate of drug-likeness (QED) is 0.0369. The number of terminal acetylenes is 1. The van der Waals surface area contributed by atoms with Crippen LogP contribution in [0.25, 0.3) is 0 Å². The zero-order chi connectivity index (χ0) is 21.6. The van der Waals surface area contributed by atoms with Crippen LogP contribution in [0, 0.1) is 12.3 Å². The minimum absolute atomic E-state index is 0. The van der Waals surface area contributed by atoms with Crippen molar-refractivity contribution in [3.63, 3.8) is 0 Å². The SMILES string of the molecule is C#CC[N+](CCCCCC)(CCCCCC)C(I)CCCCCCCCCCC.[Cl-]. The Labute approximate surface area is 211 Å². The Kier molecular flexibility index (Phi) is 26.4. The fourth-order valence-electron chi connectivity index (χ4n) is 4.44. The minimum atomic E-state index is 0. The number of quaternary nitrogens is 1. The van der Waals surface area contributed by atoms with Gasteiger partial charge >= 0.3 is 0 Å². The molecule has 0 radical (unpaired) electrons. The van der Waals surface area contributed by atoms with Crippen LogP contribution in [-0.2, 0) is 0 Å². The second-order valence-corrected chi connectivity index (χ2v) is 10.6. The summed E-state index contributed by atoms with van der Waals surface area (Å²) in [7, 11) is 0. The molecule has 0 amide bonds. The molecule has 0 saturated carbocycles. The summed E-state index contributed by atoms with van der Waals surface area (Å²) in [5.74, 6) is 3.07. The first-order valence-corrected chi connectivity index (χ1v) is 14.3. The molecule has 3 heteroatoms. The molecule has 0 aromatic rings. The van der Waals surface area contributed by atoms with E-state index in [1.807, 2.05) is 0 Å². The summed E-state index contributed by atoms with van der Waals surface area (Å²) in [4.78, 5) is 0. The molecule has 0 aromatic heterocycles. The van der Waals surface area contributed by atoms with Crippen LogP contribution in [0.3, 0.4) is 0 Å². The lowest BCUT2D eigenvalue weighted by atomic mass is 10.1. The maximum Gasteiger partial charge on any atom is 0.141 e. The Hall–Kier alpha value is 0.540. The number of nitrogens with zero attached hydrogens (tertiary/aromatic N) is 1. The van der Waals surface area contributed by atoms with Crippen molar-refractivity contribution in [2.45, 2.75) is 140 Å². The number of hydrogen-bond acceptors (Lipinski definition) is 0. The fourth-order valence-corrected chi connectivity index (χ4v) is 5.63. The van der Waals surface area contributed by atoms with E-state index in [1.54, 1.807) is 0 Å². The number of rotatable bonds is 22. The van der Waals surface area contributed by atoms with Crippen molar-refractivity contribution in [1.82, 2.24) is 0 Å². The van der Waals surface area contributed by atoms with Gasteiger partial charge in [-0.25, -0.2) is 0 Å². The summed E-state index contributed by atoms with van der Waals surface area (Å²) in [6.07, 6.45) is 30.8. The highest BCUT2D eigenvalue weighted by Crippen LogP contribution is 2.28. The smallest absolute Gasteiger partial charge is 0.141 e. The lowest BCUT2D eigenvalue weighted by Crippen LogP contribution is -3.00. The summed E-state index contributed by atoms with van der Waals surface area (Å²) in [5.41, 5.74) is 0. The predicted molar refractivity (Wildman–Crippen MR) is 142 cm³/mol. The molecule has 30 heavy (non-hydrogen) atoms. The van der Waals surface area contributed by atoms with E-state index in [0.29, 0.717) is 4.05 Å². The number of hydrogen-bond donors (Lipinski definition) is 0. The highest BCUT2D eigenvalue weighted by molar-refractivity contribution is 14.1. The van der Waals surface area contributed by atoms with Gasteiger partial charge in [0.05, 0.1) is 13.1 Å². The topological polar surface area (TPSA) is 0 Å². The third kappa shape index (κ3) is 17.1. The van der Waals surface area contributed by atoms with Crippen LogP contribution in [0.2, 0.25) is 0 Å². The molecule has 0 saturated heterocycles. The Morgan fingerprint density at radius 1 is 0.633 bits per heavy atom. The summed E-state index contributed by atoms with van der Waals surface area (Å²) >= 11 is 2.76. The maximum atomic E-state index is 5.89. The Morgan fingerprint density at radius 3 is 1.40 bits per heavy atom. The van der Waals surface area contributed by atoms with Crippen LogP contribution in [-0.4, -0.2) is 28.2 Å². The number of unbranched alkanes of at least 4 members (excludes halogenated alkanes) is 14. The molecule has 0 aliphatic carbocycles.